The number of benzene rings is 1. The lowest BCUT2D eigenvalue weighted by atomic mass is 10.1. The van der Waals surface area contributed by atoms with E-state index >= 15 is 0 Å². The first-order chi connectivity index (χ1) is 12.3. The van der Waals surface area contributed by atoms with Crippen LogP contribution in [0.2, 0.25) is 0 Å². The quantitative estimate of drug-likeness (QED) is 0.520. The summed E-state index contributed by atoms with van der Waals surface area (Å²) in [6.45, 7) is 5.39. The van der Waals surface area contributed by atoms with Crippen LogP contribution < -0.4 is 20.7 Å². The van der Waals surface area contributed by atoms with Crippen molar-refractivity contribution in [1.29, 1.82) is 0 Å². The van der Waals surface area contributed by atoms with Gasteiger partial charge in [-0.1, -0.05) is 0 Å². The van der Waals surface area contributed by atoms with E-state index in [0.717, 1.165) is 25.9 Å². The number of sulfonamides is 1. The van der Waals surface area contributed by atoms with Crippen LogP contribution in [0.3, 0.4) is 0 Å². The van der Waals surface area contributed by atoms with E-state index in [2.05, 4.69) is 20.7 Å². The van der Waals surface area contributed by atoms with Crippen molar-refractivity contribution in [2.45, 2.75) is 37.6 Å². The maximum atomic E-state index is 12.4. The number of hydrogen-bond acceptors (Lipinski definition) is 5. The van der Waals surface area contributed by atoms with Crippen LogP contribution in [0.5, 0.6) is 0 Å². The van der Waals surface area contributed by atoms with E-state index in [1.165, 1.54) is 38.1 Å². The molecule has 0 aromatic heterocycles. The van der Waals surface area contributed by atoms with Gasteiger partial charge in [-0.2, -0.15) is 4.72 Å². The normalized spacial score (nSPS) is 18.3. The molecule has 1 fully saturated rings. The summed E-state index contributed by atoms with van der Waals surface area (Å²) in [4.78, 5) is 23.1. The van der Waals surface area contributed by atoms with Gasteiger partial charge in [0.15, 0.2) is 0 Å². The highest BCUT2D eigenvalue weighted by Crippen LogP contribution is 2.14. The Bertz CT molecular complexity index is 728. The number of carbonyl (C=O) groups excluding carboxylic acids is 2. The maximum absolute atomic E-state index is 12.4. The van der Waals surface area contributed by atoms with Gasteiger partial charge in [0.2, 0.25) is 21.8 Å². The summed E-state index contributed by atoms with van der Waals surface area (Å²) in [5, 5.41) is 8.61. The lowest BCUT2D eigenvalue weighted by Crippen LogP contribution is -2.45. The van der Waals surface area contributed by atoms with Crippen molar-refractivity contribution in [1.82, 2.24) is 15.4 Å². The highest BCUT2D eigenvalue weighted by Gasteiger charge is 2.22. The third kappa shape index (κ3) is 6.08. The van der Waals surface area contributed by atoms with Crippen molar-refractivity contribution in [3.63, 3.8) is 0 Å². The fourth-order valence-electron chi connectivity index (χ4n) is 2.79. The van der Waals surface area contributed by atoms with E-state index in [4.69, 9.17) is 0 Å². The molecule has 0 radical (unpaired) electrons. The first-order valence-corrected chi connectivity index (χ1v) is 10.1. The van der Waals surface area contributed by atoms with Crippen LogP contribution in [0.25, 0.3) is 0 Å². The molecule has 1 aromatic rings. The summed E-state index contributed by atoms with van der Waals surface area (Å²) in [5.74, 6) is -0.0313. The molecule has 2 amide bonds. The molecule has 2 rings (SSSR count). The summed E-state index contributed by atoms with van der Waals surface area (Å²) in [7, 11) is -3.82. The Labute approximate surface area is 154 Å². The summed E-state index contributed by atoms with van der Waals surface area (Å²) in [6.07, 6.45) is 1.98. The van der Waals surface area contributed by atoms with Crippen molar-refractivity contribution in [3.8, 4) is 0 Å². The van der Waals surface area contributed by atoms with Gasteiger partial charge in [-0.05, 0) is 63.0 Å². The minimum absolute atomic E-state index is 0.0308. The number of amides is 2. The summed E-state index contributed by atoms with van der Waals surface area (Å²) in [5.41, 5.74) is 0.503. The van der Waals surface area contributed by atoms with Gasteiger partial charge >= 0.3 is 0 Å². The molecule has 9 heteroatoms. The second kappa shape index (κ2) is 9.11. The zero-order valence-corrected chi connectivity index (χ0v) is 15.9. The zero-order valence-electron chi connectivity index (χ0n) is 15.0. The lowest BCUT2D eigenvalue weighted by Gasteiger charge is -2.15. The number of rotatable bonds is 8. The molecule has 1 heterocycles. The molecule has 26 heavy (non-hydrogen) atoms. The molecule has 4 N–H and O–H groups in total. The highest BCUT2D eigenvalue weighted by atomic mass is 32.2. The van der Waals surface area contributed by atoms with E-state index in [-0.39, 0.29) is 16.7 Å². The third-order valence-electron chi connectivity index (χ3n) is 4.22. The van der Waals surface area contributed by atoms with Crippen LogP contribution in [-0.4, -0.2) is 45.9 Å². The topological polar surface area (TPSA) is 116 Å². The van der Waals surface area contributed by atoms with Gasteiger partial charge in [0.1, 0.15) is 0 Å². The molecule has 0 saturated carbocycles. The van der Waals surface area contributed by atoms with E-state index < -0.39 is 16.1 Å². The molecule has 2 unspecified atom stereocenters. The summed E-state index contributed by atoms with van der Waals surface area (Å²) < 4.78 is 27.1. The van der Waals surface area contributed by atoms with Gasteiger partial charge in [-0.25, -0.2) is 8.42 Å². The Balaban J connectivity index is 1.86. The second-order valence-corrected chi connectivity index (χ2v) is 8.20. The molecule has 1 aliphatic heterocycles. The summed E-state index contributed by atoms with van der Waals surface area (Å²) in [6, 6.07) is 4.88. The number of anilines is 1. The van der Waals surface area contributed by atoms with Crippen LogP contribution in [0.4, 0.5) is 5.69 Å². The number of hydrogen-bond donors (Lipinski definition) is 4. The molecule has 2 atom stereocenters. The average Bonchev–Trinajstić information content (AvgIpc) is 3.07. The lowest BCUT2D eigenvalue weighted by molar-refractivity contribution is -0.122. The third-order valence-corrected chi connectivity index (χ3v) is 5.78. The SMILES string of the molecule is CC(=O)Nc1ccc(S(=O)(=O)NC(C)C(=O)NCCC2CCNC2)cc1. The van der Waals surface area contributed by atoms with Crippen LogP contribution in [0.1, 0.15) is 26.7 Å². The molecule has 0 spiro atoms. The minimum atomic E-state index is -3.82. The van der Waals surface area contributed by atoms with Gasteiger partial charge in [-0.15, -0.1) is 0 Å². The van der Waals surface area contributed by atoms with E-state index in [1.807, 2.05) is 0 Å². The number of nitrogens with one attached hydrogen (secondary N) is 4. The predicted octanol–water partition coefficient (Wildman–Crippen LogP) is 0.428. The van der Waals surface area contributed by atoms with Crippen molar-refractivity contribution < 1.29 is 18.0 Å². The Morgan fingerprint density at radius 2 is 1.96 bits per heavy atom. The molecule has 1 aromatic carbocycles. The number of carbonyl (C=O) groups is 2. The maximum Gasteiger partial charge on any atom is 0.241 e. The molecule has 0 aliphatic carbocycles. The molecule has 1 saturated heterocycles. The van der Waals surface area contributed by atoms with E-state index in [0.29, 0.717) is 18.2 Å². The first kappa shape index (κ1) is 20.3. The van der Waals surface area contributed by atoms with Crippen LogP contribution in [0, 0.1) is 5.92 Å². The van der Waals surface area contributed by atoms with Crippen molar-refractivity contribution >= 4 is 27.5 Å². The van der Waals surface area contributed by atoms with Gasteiger partial charge in [0.05, 0.1) is 10.9 Å². The minimum Gasteiger partial charge on any atom is -0.355 e. The fraction of sp³-hybridized carbons (Fsp3) is 0.529. The van der Waals surface area contributed by atoms with Crippen LogP contribution in [0.15, 0.2) is 29.2 Å². The van der Waals surface area contributed by atoms with E-state index in [1.54, 1.807) is 0 Å². The Morgan fingerprint density at radius 1 is 1.27 bits per heavy atom. The Morgan fingerprint density at radius 3 is 2.54 bits per heavy atom. The average molecular weight is 382 g/mol. The highest BCUT2D eigenvalue weighted by molar-refractivity contribution is 7.89. The van der Waals surface area contributed by atoms with Gasteiger partial charge in [0.25, 0.3) is 0 Å². The molecule has 8 nitrogen and oxygen atoms in total. The molecular weight excluding hydrogens is 356 g/mol. The summed E-state index contributed by atoms with van der Waals surface area (Å²) >= 11 is 0. The molecule has 1 aliphatic rings. The Hall–Kier alpha value is -1.97. The second-order valence-electron chi connectivity index (χ2n) is 6.49. The monoisotopic (exact) mass is 382 g/mol. The smallest absolute Gasteiger partial charge is 0.241 e. The van der Waals surface area contributed by atoms with Crippen LogP contribution >= 0.6 is 0 Å². The van der Waals surface area contributed by atoms with Gasteiger partial charge in [-0.3, -0.25) is 9.59 Å². The van der Waals surface area contributed by atoms with Crippen molar-refractivity contribution in [2.24, 2.45) is 5.92 Å². The van der Waals surface area contributed by atoms with E-state index in [9.17, 15) is 18.0 Å². The standard InChI is InChI=1S/C17H26N4O4S/c1-12(17(23)19-10-8-14-7-9-18-11-14)21-26(24,25)16-5-3-15(4-6-16)20-13(2)22/h3-6,12,14,18,21H,7-11H2,1-2H3,(H,19,23)(H,20,22). The zero-order chi connectivity index (χ0) is 19.2. The van der Waals surface area contributed by atoms with Crippen molar-refractivity contribution in [3.05, 3.63) is 24.3 Å². The molecular formula is C17H26N4O4S. The van der Waals surface area contributed by atoms with Crippen molar-refractivity contribution in [2.75, 3.05) is 25.0 Å². The Kier molecular flexibility index (Phi) is 7.13. The molecule has 0 bridgehead atoms. The fourth-order valence-corrected chi connectivity index (χ4v) is 3.99. The largest absolute Gasteiger partial charge is 0.355 e. The molecule has 144 valence electrons. The van der Waals surface area contributed by atoms with Gasteiger partial charge in [0, 0.05) is 19.2 Å². The van der Waals surface area contributed by atoms with Gasteiger partial charge < -0.3 is 16.0 Å². The first-order valence-electron chi connectivity index (χ1n) is 8.66. The predicted molar refractivity (Wildman–Crippen MR) is 99.1 cm³/mol. The van der Waals surface area contributed by atoms with Crippen LogP contribution in [-0.2, 0) is 19.6 Å².